The number of halogens is 1. The van der Waals surface area contributed by atoms with Crippen molar-refractivity contribution in [2.24, 2.45) is 0 Å². The van der Waals surface area contributed by atoms with Gasteiger partial charge in [-0.3, -0.25) is 4.79 Å². The van der Waals surface area contributed by atoms with Crippen molar-refractivity contribution in [3.63, 3.8) is 0 Å². The first-order chi connectivity index (χ1) is 13.1. The van der Waals surface area contributed by atoms with Crippen LogP contribution in [0.2, 0.25) is 5.02 Å². The highest BCUT2D eigenvalue weighted by Gasteiger charge is 2.45. The van der Waals surface area contributed by atoms with Gasteiger partial charge in [-0.15, -0.1) is 0 Å². The predicted molar refractivity (Wildman–Crippen MR) is 106 cm³/mol. The molecule has 0 bridgehead atoms. The average molecular weight is 385 g/mol. The molecule has 1 heterocycles. The molecule has 1 fully saturated rings. The molecular formula is C21H21ClN2O3. The van der Waals surface area contributed by atoms with E-state index in [1.54, 1.807) is 31.4 Å². The number of fused-ring (bicyclic) bond motifs is 1. The van der Waals surface area contributed by atoms with E-state index >= 15 is 0 Å². The Bertz CT molecular complexity index is 961. The quantitative estimate of drug-likeness (QED) is 0.645. The molecule has 4 rings (SSSR count). The van der Waals surface area contributed by atoms with Gasteiger partial charge in [-0.05, 0) is 60.9 Å². The van der Waals surface area contributed by atoms with Crippen molar-refractivity contribution < 1.29 is 14.3 Å². The lowest BCUT2D eigenvalue weighted by molar-refractivity contribution is -0.123. The third-order valence-electron chi connectivity index (χ3n) is 5.12. The van der Waals surface area contributed by atoms with E-state index in [1.165, 1.54) is 5.56 Å². The maximum atomic E-state index is 12.2. The highest BCUT2D eigenvalue weighted by atomic mass is 35.5. The van der Waals surface area contributed by atoms with Gasteiger partial charge in [0.1, 0.15) is 11.5 Å². The smallest absolute Gasteiger partial charge is 0.257 e. The summed E-state index contributed by atoms with van der Waals surface area (Å²) >= 11 is 5.85. The van der Waals surface area contributed by atoms with Gasteiger partial charge in [-0.2, -0.15) is 0 Å². The second kappa shape index (κ2) is 7.16. The summed E-state index contributed by atoms with van der Waals surface area (Å²) in [7, 11) is 1.67. The number of amides is 1. The monoisotopic (exact) mass is 384 g/mol. The molecule has 0 unspecified atom stereocenters. The first-order valence-electron chi connectivity index (χ1n) is 8.90. The maximum Gasteiger partial charge on any atom is 0.257 e. The molecule has 1 amide bonds. The van der Waals surface area contributed by atoms with E-state index < -0.39 is 0 Å². The Balaban J connectivity index is 1.39. The van der Waals surface area contributed by atoms with Gasteiger partial charge >= 0.3 is 0 Å². The zero-order chi connectivity index (χ0) is 18.9. The molecular weight excluding hydrogens is 364 g/mol. The largest absolute Gasteiger partial charge is 0.497 e. The molecule has 1 aliphatic rings. The van der Waals surface area contributed by atoms with Gasteiger partial charge in [0.15, 0.2) is 6.61 Å². The van der Waals surface area contributed by atoms with Crippen LogP contribution in [-0.2, 0) is 10.2 Å². The number of methoxy groups -OCH3 is 1. The Morgan fingerprint density at radius 3 is 2.63 bits per heavy atom. The molecule has 1 aliphatic carbocycles. The summed E-state index contributed by atoms with van der Waals surface area (Å²) in [4.78, 5) is 15.5. The SMILES string of the molecule is COc1ccc2[nH]cc(C3(CNC(=O)COc4ccc(Cl)cc4)CC3)c2c1. The molecule has 0 radical (unpaired) electrons. The van der Waals surface area contributed by atoms with Gasteiger partial charge in [0.25, 0.3) is 5.91 Å². The van der Waals surface area contributed by atoms with Gasteiger partial charge < -0.3 is 19.8 Å². The number of aromatic amines is 1. The molecule has 2 aromatic carbocycles. The standard InChI is InChI=1S/C21H21ClN2O3/c1-26-16-6-7-19-17(10-16)18(11-23-19)21(8-9-21)13-24-20(25)12-27-15-4-2-14(22)3-5-15/h2-7,10-11,23H,8-9,12-13H2,1H3,(H,24,25). The Hall–Kier alpha value is -2.66. The number of aromatic nitrogens is 1. The van der Waals surface area contributed by atoms with Crippen LogP contribution in [0, 0.1) is 0 Å². The van der Waals surface area contributed by atoms with Crippen LogP contribution in [0.25, 0.3) is 10.9 Å². The van der Waals surface area contributed by atoms with Crippen LogP contribution in [0.15, 0.2) is 48.7 Å². The number of carbonyl (C=O) groups excluding carboxylic acids is 1. The summed E-state index contributed by atoms with van der Waals surface area (Å²) in [6, 6.07) is 13.0. The Labute approximate surface area is 162 Å². The van der Waals surface area contributed by atoms with Crippen LogP contribution in [-0.4, -0.2) is 31.2 Å². The molecule has 2 N–H and O–H groups in total. The molecule has 6 heteroatoms. The number of hydrogen-bond donors (Lipinski definition) is 2. The Morgan fingerprint density at radius 1 is 1.19 bits per heavy atom. The number of ether oxygens (including phenoxy) is 2. The van der Waals surface area contributed by atoms with Crippen molar-refractivity contribution in [1.29, 1.82) is 0 Å². The van der Waals surface area contributed by atoms with Gasteiger partial charge in [0.05, 0.1) is 7.11 Å². The van der Waals surface area contributed by atoms with Crippen LogP contribution in [0.5, 0.6) is 11.5 Å². The van der Waals surface area contributed by atoms with Crippen molar-refractivity contribution in [2.75, 3.05) is 20.3 Å². The first-order valence-corrected chi connectivity index (χ1v) is 9.28. The fourth-order valence-electron chi connectivity index (χ4n) is 3.36. The van der Waals surface area contributed by atoms with Crippen LogP contribution < -0.4 is 14.8 Å². The average Bonchev–Trinajstić information content (AvgIpc) is 3.36. The lowest BCUT2D eigenvalue weighted by atomic mass is 9.95. The lowest BCUT2D eigenvalue weighted by Crippen LogP contribution is -2.35. The van der Waals surface area contributed by atoms with E-state index in [9.17, 15) is 4.79 Å². The van der Waals surface area contributed by atoms with Gasteiger partial charge in [-0.1, -0.05) is 11.6 Å². The molecule has 3 aromatic rings. The second-order valence-electron chi connectivity index (χ2n) is 6.91. The number of nitrogens with one attached hydrogen (secondary N) is 2. The summed E-state index contributed by atoms with van der Waals surface area (Å²) in [5.41, 5.74) is 2.30. The van der Waals surface area contributed by atoms with E-state index in [4.69, 9.17) is 21.1 Å². The Kier molecular flexibility index (Phi) is 4.70. The summed E-state index contributed by atoms with van der Waals surface area (Å²) in [5.74, 6) is 1.33. The van der Waals surface area contributed by atoms with E-state index in [-0.39, 0.29) is 17.9 Å². The maximum absolute atomic E-state index is 12.2. The molecule has 0 aliphatic heterocycles. The second-order valence-corrected chi connectivity index (χ2v) is 7.35. The van der Waals surface area contributed by atoms with Crippen LogP contribution in [0.1, 0.15) is 18.4 Å². The molecule has 0 saturated heterocycles. The van der Waals surface area contributed by atoms with Crippen molar-refractivity contribution in [3.8, 4) is 11.5 Å². The number of H-pyrrole nitrogens is 1. The molecule has 5 nitrogen and oxygen atoms in total. The number of hydrogen-bond acceptors (Lipinski definition) is 3. The first kappa shape index (κ1) is 17.7. The molecule has 27 heavy (non-hydrogen) atoms. The van der Waals surface area contributed by atoms with Crippen molar-refractivity contribution in [2.45, 2.75) is 18.3 Å². The van der Waals surface area contributed by atoms with Crippen molar-refractivity contribution >= 4 is 28.4 Å². The minimum Gasteiger partial charge on any atom is -0.497 e. The topological polar surface area (TPSA) is 63.3 Å². The van der Waals surface area contributed by atoms with Gasteiger partial charge in [0, 0.05) is 34.1 Å². The molecule has 0 spiro atoms. The third-order valence-corrected chi connectivity index (χ3v) is 5.37. The zero-order valence-electron chi connectivity index (χ0n) is 15.0. The molecule has 140 valence electrons. The van der Waals surface area contributed by atoms with Crippen molar-refractivity contribution in [1.82, 2.24) is 10.3 Å². The summed E-state index contributed by atoms with van der Waals surface area (Å²) in [5, 5.41) is 4.80. The highest BCUT2D eigenvalue weighted by molar-refractivity contribution is 6.30. The van der Waals surface area contributed by atoms with Gasteiger partial charge in [0.2, 0.25) is 0 Å². The number of rotatable bonds is 7. The predicted octanol–water partition coefficient (Wildman–Crippen LogP) is 4.06. The molecule has 1 aromatic heterocycles. The van der Waals surface area contributed by atoms with Crippen LogP contribution in [0.4, 0.5) is 0 Å². The minimum absolute atomic E-state index is 0.0133. The molecule has 1 saturated carbocycles. The normalized spacial score (nSPS) is 14.7. The van der Waals surface area contributed by atoms with E-state index in [1.807, 2.05) is 24.4 Å². The van der Waals surface area contributed by atoms with Crippen molar-refractivity contribution in [3.05, 3.63) is 59.2 Å². The van der Waals surface area contributed by atoms with E-state index in [0.717, 1.165) is 29.5 Å². The minimum atomic E-state index is -0.131. The van der Waals surface area contributed by atoms with Crippen LogP contribution in [0.3, 0.4) is 0 Å². The summed E-state index contributed by atoms with van der Waals surface area (Å²) < 4.78 is 10.9. The third kappa shape index (κ3) is 3.74. The fraction of sp³-hybridized carbons (Fsp3) is 0.286. The van der Waals surface area contributed by atoms with E-state index in [0.29, 0.717) is 17.3 Å². The summed E-state index contributed by atoms with van der Waals surface area (Å²) in [6.07, 6.45) is 4.15. The van der Waals surface area contributed by atoms with E-state index in [2.05, 4.69) is 10.3 Å². The zero-order valence-corrected chi connectivity index (χ0v) is 15.8. The molecule has 0 atom stereocenters. The van der Waals surface area contributed by atoms with Gasteiger partial charge in [-0.25, -0.2) is 0 Å². The number of carbonyl (C=O) groups is 1. The number of benzene rings is 2. The summed E-state index contributed by atoms with van der Waals surface area (Å²) in [6.45, 7) is 0.583. The van der Waals surface area contributed by atoms with Crippen LogP contribution >= 0.6 is 11.6 Å². The fourth-order valence-corrected chi connectivity index (χ4v) is 3.48. The highest BCUT2D eigenvalue weighted by Crippen LogP contribution is 2.50. The Morgan fingerprint density at radius 2 is 1.93 bits per heavy atom. The lowest BCUT2D eigenvalue weighted by Gasteiger charge is -2.16.